The lowest BCUT2D eigenvalue weighted by Crippen LogP contribution is -2.07. The van der Waals surface area contributed by atoms with Crippen LogP contribution in [0.15, 0.2) is 18.2 Å². The van der Waals surface area contributed by atoms with Gasteiger partial charge in [0.2, 0.25) is 0 Å². The van der Waals surface area contributed by atoms with Crippen LogP contribution in [0.2, 0.25) is 0 Å². The van der Waals surface area contributed by atoms with Crippen molar-refractivity contribution in [1.29, 1.82) is 5.26 Å². The molecule has 0 heterocycles. The highest BCUT2D eigenvalue weighted by molar-refractivity contribution is 5.51. The SMILES string of the molecule is N#Cc1ccc([N+](=O)[O-])c(OCCCN)c1. The maximum absolute atomic E-state index is 10.7. The van der Waals surface area contributed by atoms with Crippen LogP contribution in [-0.2, 0) is 0 Å². The Morgan fingerprint density at radius 3 is 2.88 bits per heavy atom. The normalized spacial score (nSPS) is 9.50. The van der Waals surface area contributed by atoms with Crippen LogP contribution in [0, 0.1) is 21.4 Å². The summed E-state index contributed by atoms with van der Waals surface area (Å²) in [5, 5.41) is 19.3. The van der Waals surface area contributed by atoms with Gasteiger partial charge in [-0.2, -0.15) is 5.26 Å². The molecule has 0 aromatic heterocycles. The molecule has 0 radical (unpaired) electrons. The van der Waals surface area contributed by atoms with E-state index < -0.39 is 4.92 Å². The lowest BCUT2D eigenvalue weighted by atomic mass is 10.2. The van der Waals surface area contributed by atoms with Crippen molar-refractivity contribution < 1.29 is 9.66 Å². The monoisotopic (exact) mass is 221 g/mol. The molecule has 1 rings (SSSR count). The molecule has 84 valence electrons. The minimum atomic E-state index is -0.543. The first-order chi connectivity index (χ1) is 7.69. The predicted octanol–water partition coefficient (Wildman–Crippen LogP) is 1.19. The van der Waals surface area contributed by atoms with Crippen molar-refractivity contribution in [3.05, 3.63) is 33.9 Å². The molecule has 0 saturated heterocycles. The molecule has 0 fully saturated rings. The van der Waals surface area contributed by atoms with E-state index >= 15 is 0 Å². The van der Waals surface area contributed by atoms with E-state index in [0.717, 1.165) is 0 Å². The fourth-order valence-corrected chi connectivity index (χ4v) is 1.12. The Balaban J connectivity index is 2.92. The highest BCUT2D eigenvalue weighted by Crippen LogP contribution is 2.27. The first kappa shape index (κ1) is 11.9. The second-order valence-electron chi connectivity index (χ2n) is 3.04. The van der Waals surface area contributed by atoms with E-state index in [1.54, 1.807) is 0 Å². The van der Waals surface area contributed by atoms with Gasteiger partial charge in [0.25, 0.3) is 0 Å². The van der Waals surface area contributed by atoms with Gasteiger partial charge in [-0.15, -0.1) is 0 Å². The molecule has 1 aromatic rings. The van der Waals surface area contributed by atoms with Gasteiger partial charge in [-0.3, -0.25) is 10.1 Å². The summed E-state index contributed by atoms with van der Waals surface area (Å²) in [4.78, 5) is 10.1. The van der Waals surface area contributed by atoms with Gasteiger partial charge in [0, 0.05) is 12.1 Å². The molecule has 0 saturated carbocycles. The van der Waals surface area contributed by atoms with Crippen LogP contribution in [0.25, 0.3) is 0 Å². The molecule has 0 aliphatic rings. The number of ether oxygens (including phenoxy) is 1. The van der Waals surface area contributed by atoms with E-state index in [0.29, 0.717) is 25.1 Å². The van der Waals surface area contributed by atoms with Gasteiger partial charge < -0.3 is 10.5 Å². The first-order valence-corrected chi connectivity index (χ1v) is 4.70. The van der Waals surface area contributed by atoms with Crippen molar-refractivity contribution in [3.63, 3.8) is 0 Å². The lowest BCUT2D eigenvalue weighted by molar-refractivity contribution is -0.385. The van der Waals surface area contributed by atoms with Crippen LogP contribution in [0.4, 0.5) is 5.69 Å². The summed E-state index contributed by atoms with van der Waals surface area (Å²) in [5.41, 5.74) is 5.46. The van der Waals surface area contributed by atoms with E-state index in [4.69, 9.17) is 15.7 Å². The molecule has 6 nitrogen and oxygen atoms in total. The number of hydrogen-bond acceptors (Lipinski definition) is 5. The van der Waals surface area contributed by atoms with Crippen molar-refractivity contribution in [3.8, 4) is 11.8 Å². The Kier molecular flexibility index (Phi) is 4.24. The number of nitrogens with zero attached hydrogens (tertiary/aromatic N) is 2. The van der Waals surface area contributed by atoms with Gasteiger partial charge in [0.1, 0.15) is 0 Å². The van der Waals surface area contributed by atoms with Crippen LogP contribution in [-0.4, -0.2) is 18.1 Å². The van der Waals surface area contributed by atoms with Gasteiger partial charge in [0.05, 0.1) is 23.2 Å². The molecule has 0 spiro atoms. The highest BCUT2D eigenvalue weighted by atomic mass is 16.6. The third-order valence-electron chi connectivity index (χ3n) is 1.89. The quantitative estimate of drug-likeness (QED) is 0.457. The molecule has 16 heavy (non-hydrogen) atoms. The maximum Gasteiger partial charge on any atom is 0.311 e. The van der Waals surface area contributed by atoms with Gasteiger partial charge in [-0.1, -0.05) is 0 Å². The molecule has 1 aromatic carbocycles. The maximum atomic E-state index is 10.7. The summed E-state index contributed by atoms with van der Waals surface area (Å²) >= 11 is 0. The van der Waals surface area contributed by atoms with Crippen molar-refractivity contribution in [2.24, 2.45) is 5.73 Å². The van der Waals surface area contributed by atoms with Crippen molar-refractivity contribution >= 4 is 5.69 Å². The lowest BCUT2D eigenvalue weighted by Gasteiger charge is -2.05. The summed E-state index contributed by atoms with van der Waals surface area (Å²) < 4.78 is 5.21. The van der Waals surface area contributed by atoms with Crippen molar-refractivity contribution in [2.45, 2.75) is 6.42 Å². The Morgan fingerprint density at radius 2 is 2.31 bits per heavy atom. The molecule has 0 unspecified atom stereocenters. The number of nitriles is 1. The zero-order valence-corrected chi connectivity index (χ0v) is 8.55. The third-order valence-corrected chi connectivity index (χ3v) is 1.89. The molecule has 0 aliphatic carbocycles. The Hall–Kier alpha value is -2.13. The van der Waals surface area contributed by atoms with Crippen LogP contribution in [0.3, 0.4) is 0 Å². The Morgan fingerprint density at radius 1 is 1.56 bits per heavy atom. The van der Waals surface area contributed by atoms with Crippen LogP contribution >= 0.6 is 0 Å². The Bertz CT molecular complexity index is 426. The summed E-state index contributed by atoms with van der Waals surface area (Å²) in [6, 6.07) is 5.90. The van der Waals surface area contributed by atoms with Gasteiger partial charge in [-0.25, -0.2) is 0 Å². The molecule has 6 heteroatoms. The zero-order chi connectivity index (χ0) is 12.0. The average molecular weight is 221 g/mol. The van der Waals surface area contributed by atoms with Gasteiger partial charge in [0.15, 0.2) is 5.75 Å². The minimum absolute atomic E-state index is 0.109. The van der Waals surface area contributed by atoms with Crippen molar-refractivity contribution in [1.82, 2.24) is 0 Å². The molecule has 0 amide bonds. The minimum Gasteiger partial charge on any atom is -0.487 e. The van der Waals surface area contributed by atoms with Crippen molar-refractivity contribution in [2.75, 3.05) is 13.2 Å². The fraction of sp³-hybridized carbons (Fsp3) is 0.300. The molecule has 0 atom stereocenters. The molecule has 2 N–H and O–H groups in total. The largest absolute Gasteiger partial charge is 0.487 e. The van der Waals surface area contributed by atoms with E-state index in [-0.39, 0.29) is 11.4 Å². The third kappa shape index (κ3) is 2.93. The van der Waals surface area contributed by atoms with Gasteiger partial charge in [-0.05, 0) is 19.0 Å². The molecule has 0 bridgehead atoms. The number of nitro groups is 1. The standard InChI is InChI=1S/C10H11N3O3/c11-4-1-5-16-10-6-8(7-12)2-3-9(10)13(14)15/h2-3,6H,1,4-5,11H2. The topological polar surface area (TPSA) is 102 Å². The Labute approximate surface area is 92.4 Å². The molecular formula is C10H11N3O3. The van der Waals surface area contributed by atoms with E-state index in [9.17, 15) is 10.1 Å². The number of rotatable bonds is 5. The fourth-order valence-electron chi connectivity index (χ4n) is 1.12. The van der Waals surface area contributed by atoms with Gasteiger partial charge >= 0.3 is 5.69 Å². The van der Waals surface area contributed by atoms with E-state index in [2.05, 4.69) is 0 Å². The predicted molar refractivity (Wildman–Crippen MR) is 57.0 cm³/mol. The van der Waals surface area contributed by atoms with Crippen LogP contribution in [0.1, 0.15) is 12.0 Å². The first-order valence-electron chi connectivity index (χ1n) is 4.70. The highest BCUT2D eigenvalue weighted by Gasteiger charge is 2.15. The van der Waals surface area contributed by atoms with E-state index in [1.165, 1.54) is 18.2 Å². The number of nitrogens with two attached hydrogens (primary N) is 1. The average Bonchev–Trinajstić information content (AvgIpc) is 2.29. The smallest absolute Gasteiger partial charge is 0.311 e. The molecule has 0 aliphatic heterocycles. The summed E-state index contributed by atoms with van der Waals surface area (Å²) in [6.45, 7) is 0.748. The summed E-state index contributed by atoms with van der Waals surface area (Å²) in [5.74, 6) is 0.109. The second kappa shape index (κ2) is 5.68. The summed E-state index contributed by atoms with van der Waals surface area (Å²) in [6.07, 6.45) is 0.605. The second-order valence-corrected chi connectivity index (χ2v) is 3.04. The molecular weight excluding hydrogens is 210 g/mol. The number of hydrogen-bond donors (Lipinski definition) is 1. The zero-order valence-electron chi connectivity index (χ0n) is 8.55. The van der Waals surface area contributed by atoms with Crippen LogP contribution in [0.5, 0.6) is 5.75 Å². The van der Waals surface area contributed by atoms with Crippen LogP contribution < -0.4 is 10.5 Å². The number of benzene rings is 1. The van der Waals surface area contributed by atoms with E-state index in [1.807, 2.05) is 6.07 Å². The summed E-state index contributed by atoms with van der Waals surface area (Å²) in [7, 11) is 0. The number of nitro benzene ring substituents is 1.